The van der Waals surface area contributed by atoms with E-state index in [1.54, 1.807) is 0 Å². The maximum absolute atomic E-state index is 8.59. The highest BCUT2D eigenvalue weighted by molar-refractivity contribution is 7.66. The van der Waals surface area contributed by atoms with Crippen molar-refractivity contribution in [3.05, 3.63) is 0 Å². The average molecular weight is 271 g/mol. The standard InChI is InChI=1S/2C3H9P.ClH.H2O3S/c2*1-4(2)3;;1-4(2)3/h2*1-3H3;1H;4H,(H,1,2,3). The molecule has 0 spiro atoms. The molecule has 86 valence electrons. The first kappa shape index (κ1) is 23.7. The Balaban J connectivity index is -0.0000000450. The molecule has 0 aromatic carbocycles. The molecule has 13 heavy (non-hydrogen) atoms. The molecule has 0 aliphatic rings. The highest BCUT2D eigenvalue weighted by atomic mass is 35.5. The van der Waals surface area contributed by atoms with Crippen molar-refractivity contribution >= 4 is 39.2 Å². The minimum Gasteiger partial charge on any atom is -0.288 e. The summed E-state index contributed by atoms with van der Waals surface area (Å²) in [6, 6.07) is 0. The van der Waals surface area contributed by atoms with Crippen molar-refractivity contribution in [2.45, 2.75) is 0 Å². The highest BCUT2D eigenvalue weighted by Gasteiger charge is 1.66. The van der Waals surface area contributed by atoms with Gasteiger partial charge in [0.25, 0.3) is 11.0 Å². The molecule has 1 N–H and O–H groups in total. The summed E-state index contributed by atoms with van der Waals surface area (Å²) < 4.78 is 24.2. The van der Waals surface area contributed by atoms with Gasteiger partial charge in [-0.2, -0.15) is 0 Å². The van der Waals surface area contributed by atoms with Gasteiger partial charge in [-0.05, 0) is 40.0 Å². The second-order valence-corrected chi connectivity index (χ2v) is 8.76. The number of thiol groups is 1. The van der Waals surface area contributed by atoms with Gasteiger partial charge in [-0.15, -0.1) is 28.3 Å². The number of rotatable bonds is 0. The van der Waals surface area contributed by atoms with Crippen molar-refractivity contribution in [1.29, 1.82) is 0 Å². The molecule has 7 heteroatoms. The summed E-state index contributed by atoms with van der Waals surface area (Å²) in [6.45, 7) is 13.4. The first-order chi connectivity index (χ1) is 5.20. The first-order valence-electron chi connectivity index (χ1n) is 3.25. The third kappa shape index (κ3) is 1420. The van der Waals surface area contributed by atoms with Crippen molar-refractivity contribution in [2.75, 3.05) is 40.0 Å². The van der Waals surface area contributed by atoms with E-state index in [0.29, 0.717) is 15.8 Å². The summed E-state index contributed by atoms with van der Waals surface area (Å²) in [5.41, 5.74) is 0. The maximum Gasteiger partial charge on any atom is 0.254 e. The quantitative estimate of drug-likeness (QED) is 0.403. The van der Waals surface area contributed by atoms with Crippen molar-refractivity contribution < 1.29 is 13.0 Å². The van der Waals surface area contributed by atoms with Gasteiger partial charge in [-0.3, -0.25) is 4.55 Å². The van der Waals surface area contributed by atoms with Gasteiger partial charge in [-0.25, -0.2) is 8.42 Å². The van der Waals surface area contributed by atoms with Crippen LogP contribution in [-0.2, 0) is 11.0 Å². The molecule has 0 saturated carbocycles. The van der Waals surface area contributed by atoms with Gasteiger partial charge in [0.15, 0.2) is 0 Å². The SMILES string of the molecule is CP(C)C.CP(C)C.Cl.O=[SH](=O)O. The van der Waals surface area contributed by atoms with Crippen molar-refractivity contribution in [3.63, 3.8) is 0 Å². The van der Waals surface area contributed by atoms with E-state index in [1.807, 2.05) is 0 Å². The number of hydrogen-bond donors (Lipinski definition) is 2. The Morgan fingerprint density at radius 3 is 0.846 bits per heavy atom. The monoisotopic (exact) mass is 270 g/mol. The van der Waals surface area contributed by atoms with Gasteiger partial charge in [0, 0.05) is 0 Å². The largest absolute Gasteiger partial charge is 0.288 e. The Morgan fingerprint density at radius 1 is 0.846 bits per heavy atom. The first-order valence-corrected chi connectivity index (χ1v) is 9.75. The smallest absolute Gasteiger partial charge is 0.254 e. The molecular formula is C6H21ClO3P2S. The Hall–Kier alpha value is 1.06. The van der Waals surface area contributed by atoms with E-state index in [4.69, 9.17) is 13.0 Å². The average Bonchev–Trinajstić information content (AvgIpc) is 1.54. The van der Waals surface area contributed by atoms with Crippen LogP contribution in [0.25, 0.3) is 0 Å². The normalized spacial score (nSPS) is 8.15. The van der Waals surface area contributed by atoms with Crippen LogP contribution in [0.2, 0.25) is 0 Å². The minimum atomic E-state index is -3.12. The second kappa shape index (κ2) is 18.8. The van der Waals surface area contributed by atoms with Crippen LogP contribution in [0.5, 0.6) is 0 Å². The predicted molar refractivity (Wildman–Crippen MR) is 69.6 cm³/mol. The molecule has 0 bridgehead atoms. The Labute approximate surface area is 92.4 Å². The summed E-state index contributed by atoms with van der Waals surface area (Å²) in [5.74, 6) is 0. The van der Waals surface area contributed by atoms with E-state index < -0.39 is 11.0 Å². The zero-order chi connectivity index (χ0) is 10.7. The molecule has 3 nitrogen and oxygen atoms in total. The zero-order valence-electron chi connectivity index (χ0n) is 9.01. The summed E-state index contributed by atoms with van der Waals surface area (Å²) in [6.07, 6.45) is 0. The summed E-state index contributed by atoms with van der Waals surface area (Å²) in [7, 11) is -2.36. The Morgan fingerprint density at radius 2 is 0.846 bits per heavy atom. The Bertz CT molecular complexity index is 120. The molecule has 0 atom stereocenters. The molecule has 0 radical (unpaired) electrons. The topological polar surface area (TPSA) is 54.4 Å². The van der Waals surface area contributed by atoms with Crippen LogP contribution in [0.3, 0.4) is 0 Å². The van der Waals surface area contributed by atoms with Gasteiger partial charge < -0.3 is 0 Å². The van der Waals surface area contributed by atoms with Crippen LogP contribution in [0, 0.1) is 0 Å². The lowest BCUT2D eigenvalue weighted by atomic mass is 11.9. The van der Waals surface area contributed by atoms with Gasteiger partial charge >= 0.3 is 0 Å². The van der Waals surface area contributed by atoms with E-state index in [2.05, 4.69) is 40.0 Å². The lowest BCUT2D eigenvalue weighted by Gasteiger charge is -1.81. The van der Waals surface area contributed by atoms with Gasteiger partial charge in [0.05, 0.1) is 0 Å². The van der Waals surface area contributed by atoms with Crippen LogP contribution in [0.1, 0.15) is 0 Å². The zero-order valence-corrected chi connectivity index (χ0v) is 12.5. The number of hydrogen-bond acceptors (Lipinski definition) is 2. The van der Waals surface area contributed by atoms with Gasteiger partial charge in [0.2, 0.25) is 0 Å². The van der Waals surface area contributed by atoms with E-state index in [0.717, 1.165) is 0 Å². The fraction of sp³-hybridized carbons (Fsp3) is 1.00. The molecular weight excluding hydrogens is 250 g/mol. The van der Waals surface area contributed by atoms with E-state index in [1.165, 1.54) is 0 Å². The fourth-order valence-corrected chi connectivity index (χ4v) is 0. The third-order valence-corrected chi connectivity index (χ3v) is 0. The van der Waals surface area contributed by atoms with Crippen LogP contribution < -0.4 is 0 Å². The van der Waals surface area contributed by atoms with E-state index in [-0.39, 0.29) is 12.4 Å². The lowest BCUT2D eigenvalue weighted by Crippen LogP contribution is -1.58. The highest BCUT2D eigenvalue weighted by Crippen LogP contribution is 2.14. The van der Waals surface area contributed by atoms with Crippen molar-refractivity contribution in [3.8, 4) is 0 Å². The summed E-state index contributed by atoms with van der Waals surface area (Å²) >= 11 is 0. The Kier molecular flexibility index (Phi) is 34.2. The van der Waals surface area contributed by atoms with Crippen LogP contribution in [0.4, 0.5) is 0 Å². The summed E-state index contributed by atoms with van der Waals surface area (Å²) in [4.78, 5) is 0. The van der Waals surface area contributed by atoms with Crippen molar-refractivity contribution in [1.82, 2.24) is 0 Å². The lowest BCUT2D eigenvalue weighted by molar-refractivity contribution is 0.509. The molecule has 0 aliphatic carbocycles. The van der Waals surface area contributed by atoms with Crippen LogP contribution in [0.15, 0.2) is 0 Å². The van der Waals surface area contributed by atoms with E-state index in [9.17, 15) is 0 Å². The second-order valence-electron chi connectivity index (χ2n) is 2.92. The fourth-order valence-electron chi connectivity index (χ4n) is 0. The van der Waals surface area contributed by atoms with Crippen molar-refractivity contribution in [2.24, 2.45) is 0 Å². The van der Waals surface area contributed by atoms with Crippen LogP contribution >= 0.6 is 28.3 Å². The van der Waals surface area contributed by atoms with E-state index >= 15 is 0 Å². The van der Waals surface area contributed by atoms with Gasteiger partial charge in [-0.1, -0.05) is 0 Å². The predicted octanol–water partition coefficient (Wildman–Crippen LogP) is 2.21. The molecule has 0 unspecified atom stereocenters. The third-order valence-electron chi connectivity index (χ3n) is 0. The molecule has 0 aromatic rings. The summed E-state index contributed by atoms with van der Waals surface area (Å²) in [5, 5.41) is 0. The molecule has 0 aliphatic heterocycles. The molecule has 0 rings (SSSR count). The molecule has 0 heterocycles. The van der Waals surface area contributed by atoms with Crippen LogP contribution in [-0.4, -0.2) is 53.0 Å². The number of halogens is 1. The molecule has 0 saturated heterocycles. The van der Waals surface area contributed by atoms with Gasteiger partial charge in [0.1, 0.15) is 0 Å². The molecule has 0 fully saturated rings. The molecule has 0 aromatic heterocycles. The maximum atomic E-state index is 8.59. The minimum absolute atomic E-state index is 0. The molecule has 0 amide bonds.